The molecule has 13 heteroatoms. The molecule has 0 aliphatic carbocycles. The Kier molecular flexibility index (Phi) is 8.57. The lowest BCUT2D eigenvalue weighted by atomic mass is 10.0. The number of piperidine rings is 1. The third kappa shape index (κ3) is 6.68. The Bertz CT molecular complexity index is 1550. The number of nitrogens with zero attached hydrogens (tertiary/aromatic N) is 3. The molecule has 5 rings (SSSR count). The highest BCUT2D eigenvalue weighted by Gasteiger charge is 2.32. The number of halogens is 4. The lowest BCUT2D eigenvalue weighted by molar-refractivity contribution is -0.139. The van der Waals surface area contributed by atoms with Crippen LogP contribution in [-0.2, 0) is 23.9 Å². The van der Waals surface area contributed by atoms with E-state index in [-0.39, 0.29) is 0 Å². The predicted molar refractivity (Wildman–Crippen MR) is 156 cm³/mol. The number of ether oxygens (including phenoxy) is 1. The Morgan fingerprint density at radius 1 is 1.20 bits per heavy atom. The molecule has 0 amide bonds. The van der Waals surface area contributed by atoms with Gasteiger partial charge in [-0.15, -0.1) is 11.3 Å². The third-order valence-electron chi connectivity index (χ3n) is 7.10. The Labute approximate surface area is 242 Å². The number of anilines is 2. The molecular weight excluding hydrogens is 578 g/mol. The van der Waals surface area contributed by atoms with Gasteiger partial charge in [0, 0.05) is 57.2 Å². The van der Waals surface area contributed by atoms with Crippen LogP contribution in [0, 0.1) is 0 Å². The van der Waals surface area contributed by atoms with Crippen molar-refractivity contribution in [3.05, 3.63) is 53.5 Å². The molecular formula is C28H31F4N5O2S2. The second-order valence-electron chi connectivity index (χ2n) is 10.1. The minimum atomic E-state index is -4.45. The van der Waals surface area contributed by atoms with Gasteiger partial charge in [0.15, 0.2) is 0 Å². The smallest absolute Gasteiger partial charge is 0.406 e. The van der Waals surface area contributed by atoms with Crippen molar-refractivity contribution in [1.82, 2.24) is 14.5 Å². The molecule has 1 aliphatic rings. The van der Waals surface area contributed by atoms with E-state index in [0.29, 0.717) is 63.1 Å². The van der Waals surface area contributed by atoms with Crippen molar-refractivity contribution < 1.29 is 26.5 Å². The van der Waals surface area contributed by atoms with E-state index in [1.807, 2.05) is 11.9 Å². The van der Waals surface area contributed by atoms with Crippen molar-refractivity contribution >= 4 is 44.4 Å². The molecule has 41 heavy (non-hydrogen) atoms. The first-order chi connectivity index (χ1) is 19.5. The van der Waals surface area contributed by atoms with Gasteiger partial charge in [0.2, 0.25) is 0 Å². The topological polar surface area (TPSA) is 71.4 Å². The number of hydrogen-bond donors (Lipinski definition) is 2. The quantitative estimate of drug-likeness (QED) is 0.222. The molecule has 0 radical (unpaired) electrons. The van der Waals surface area contributed by atoms with Gasteiger partial charge in [0.05, 0.1) is 36.6 Å². The fraction of sp³-hybridized carbons (Fsp3) is 0.393. The Balaban J connectivity index is 1.44. The minimum Gasteiger partial charge on any atom is -0.495 e. The Morgan fingerprint density at radius 3 is 2.71 bits per heavy atom. The second kappa shape index (κ2) is 12.0. The molecule has 4 aromatic rings. The molecule has 2 aromatic heterocycles. The number of alkyl halides is 4. The fourth-order valence-corrected chi connectivity index (χ4v) is 6.45. The molecule has 0 spiro atoms. The van der Waals surface area contributed by atoms with E-state index in [9.17, 15) is 21.8 Å². The monoisotopic (exact) mass is 609 g/mol. The highest BCUT2D eigenvalue weighted by Crippen LogP contribution is 2.37. The number of fused-ring (bicyclic) bond motifs is 1. The zero-order valence-corrected chi connectivity index (χ0v) is 24.4. The summed E-state index contributed by atoms with van der Waals surface area (Å²) >= 11 is 1.29. The van der Waals surface area contributed by atoms with E-state index in [4.69, 9.17) is 4.74 Å². The summed E-state index contributed by atoms with van der Waals surface area (Å²) in [5.74, 6) is 0.535. The van der Waals surface area contributed by atoms with Gasteiger partial charge in [-0.2, -0.15) is 13.2 Å². The number of rotatable bonds is 9. The van der Waals surface area contributed by atoms with Gasteiger partial charge in [-0.1, -0.05) is 6.07 Å². The van der Waals surface area contributed by atoms with Crippen LogP contribution >= 0.6 is 11.3 Å². The zero-order valence-electron chi connectivity index (χ0n) is 22.8. The van der Waals surface area contributed by atoms with E-state index < -0.39 is 35.7 Å². The van der Waals surface area contributed by atoms with Gasteiger partial charge < -0.3 is 24.8 Å². The van der Waals surface area contributed by atoms with Gasteiger partial charge in [-0.25, -0.2) is 9.37 Å². The van der Waals surface area contributed by atoms with E-state index in [1.165, 1.54) is 23.0 Å². The summed E-state index contributed by atoms with van der Waals surface area (Å²) in [5, 5.41) is 7.56. The number of nitrogens with one attached hydrogen (secondary N) is 2. The molecule has 2 aromatic carbocycles. The molecule has 0 saturated carbocycles. The summed E-state index contributed by atoms with van der Waals surface area (Å²) in [5.41, 5.74) is 2.04. The average Bonchev–Trinajstić information content (AvgIpc) is 3.53. The lowest BCUT2D eigenvalue weighted by Gasteiger charge is -2.33. The highest BCUT2D eigenvalue weighted by molar-refractivity contribution is 7.84. The van der Waals surface area contributed by atoms with Crippen LogP contribution in [0.5, 0.6) is 5.75 Å². The largest absolute Gasteiger partial charge is 0.495 e. The molecule has 0 bridgehead atoms. The maximum atomic E-state index is 14.8. The van der Waals surface area contributed by atoms with Crippen molar-refractivity contribution in [3.63, 3.8) is 0 Å². The summed E-state index contributed by atoms with van der Waals surface area (Å²) < 4.78 is 74.4. The Hall–Kier alpha value is -3.16. The maximum Gasteiger partial charge on any atom is 0.406 e. The highest BCUT2D eigenvalue weighted by atomic mass is 32.2. The van der Waals surface area contributed by atoms with Crippen LogP contribution < -0.4 is 15.4 Å². The summed E-state index contributed by atoms with van der Waals surface area (Å²) in [6, 6.07) is 11.6. The number of hydrogen-bond acceptors (Lipinski definition) is 7. The molecule has 2 N–H and O–H groups in total. The average molecular weight is 610 g/mol. The van der Waals surface area contributed by atoms with Gasteiger partial charge >= 0.3 is 6.18 Å². The maximum absolute atomic E-state index is 14.8. The van der Waals surface area contributed by atoms with Gasteiger partial charge in [-0.05, 0) is 49.9 Å². The third-order valence-corrected chi connectivity index (χ3v) is 9.04. The van der Waals surface area contributed by atoms with E-state index in [2.05, 4.69) is 15.6 Å². The minimum absolute atomic E-state index is 0.304. The molecule has 220 valence electrons. The summed E-state index contributed by atoms with van der Waals surface area (Å²) in [6.45, 7) is 0.226. The van der Waals surface area contributed by atoms with Crippen molar-refractivity contribution in [2.75, 3.05) is 44.1 Å². The van der Waals surface area contributed by atoms with Gasteiger partial charge in [-0.3, -0.25) is 4.21 Å². The standard InChI is InChI=1S/C28H31F4N5O2S2/c1-36-10-9-22(20(29)15-36)35-21-5-4-6-24-19(21)12-25(37(24)16-28(30,31)32)27-34-14-17(40-27)13-33-23-8-7-18(41(3)38)11-26(23)39-2/h4-8,11-12,14,20,22,33,35H,9-10,13,15-16H2,1-3H3/t20-,22+,41?/m0/s1. The molecule has 3 heterocycles. The zero-order chi connectivity index (χ0) is 29.3. The second-order valence-corrected chi connectivity index (χ2v) is 12.6. The van der Waals surface area contributed by atoms with E-state index in [1.54, 1.807) is 54.9 Å². The van der Waals surface area contributed by atoms with Crippen molar-refractivity contribution in [3.8, 4) is 16.5 Å². The molecule has 1 unspecified atom stereocenters. The van der Waals surface area contributed by atoms with Crippen LogP contribution in [0.2, 0.25) is 0 Å². The Morgan fingerprint density at radius 2 is 2.00 bits per heavy atom. The van der Waals surface area contributed by atoms with Crippen LogP contribution in [0.15, 0.2) is 53.6 Å². The van der Waals surface area contributed by atoms with Gasteiger partial charge in [0.1, 0.15) is 23.5 Å². The van der Waals surface area contributed by atoms with Crippen molar-refractivity contribution in [2.45, 2.75) is 42.8 Å². The molecule has 1 saturated heterocycles. The van der Waals surface area contributed by atoms with Crippen LogP contribution in [0.3, 0.4) is 0 Å². The van der Waals surface area contributed by atoms with E-state index in [0.717, 1.165) is 11.4 Å². The van der Waals surface area contributed by atoms with Crippen LogP contribution in [0.4, 0.5) is 28.9 Å². The first kappa shape index (κ1) is 29.3. The van der Waals surface area contributed by atoms with Crippen LogP contribution in [0.1, 0.15) is 11.3 Å². The normalized spacial score (nSPS) is 18.9. The van der Waals surface area contributed by atoms with Gasteiger partial charge in [0.25, 0.3) is 0 Å². The fourth-order valence-electron chi connectivity index (χ4n) is 5.04. The molecule has 1 aliphatic heterocycles. The SMILES string of the molecule is COc1cc(S(C)=O)ccc1NCc1cnc(-c2cc3c(N[C@@H]4CCN(C)C[C@@H]4F)cccc3n2CC(F)(F)F)s1. The molecule has 3 atom stereocenters. The first-order valence-corrected chi connectivity index (χ1v) is 15.4. The van der Waals surface area contributed by atoms with Crippen LogP contribution in [-0.4, -0.2) is 70.6 Å². The number of methoxy groups -OCH3 is 1. The summed E-state index contributed by atoms with van der Waals surface area (Å²) in [7, 11) is 2.24. The number of aromatic nitrogens is 2. The summed E-state index contributed by atoms with van der Waals surface area (Å²) in [6.07, 6.45) is -1.72. The van der Waals surface area contributed by atoms with Crippen LogP contribution in [0.25, 0.3) is 21.6 Å². The van der Waals surface area contributed by atoms with Crippen molar-refractivity contribution in [1.29, 1.82) is 0 Å². The van der Waals surface area contributed by atoms with Crippen molar-refractivity contribution in [2.24, 2.45) is 0 Å². The predicted octanol–water partition coefficient (Wildman–Crippen LogP) is 6.14. The summed E-state index contributed by atoms with van der Waals surface area (Å²) in [4.78, 5) is 7.83. The van der Waals surface area contributed by atoms with E-state index >= 15 is 0 Å². The lowest BCUT2D eigenvalue weighted by Crippen LogP contribution is -2.46. The number of thiazole rings is 1. The molecule has 7 nitrogen and oxygen atoms in total. The number of likely N-dealkylation sites (tertiary alicyclic amines) is 1. The molecule has 1 fully saturated rings. The first-order valence-electron chi connectivity index (χ1n) is 13.0. The number of benzene rings is 2.